The zero-order chi connectivity index (χ0) is 21.1. The van der Waals surface area contributed by atoms with Gasteiger partial charge in [-0.15, -0.1) is 0 Å². The minimum Gasteiger partial charge on any atom is -0.478 e. The van der Waals surface area contributed by atoms with Gasteiger partial charge in [0.25, 0.3) is 10.0 Å². The molecule has 0 fully saturated rings. The van der Waals surface area contributed by atoms with Crippen molar-refractivity contribution < 1.29 is 26.7 Å². The molecular formula is C18H22N2O6S2. The minimum atomic E-state index is -4.02. The maximum absolute atomic E-state index is 12.7. The number of carbonyl (C=O) groups is 1. The molecule has 0 heterocycles. The largest absolute Gasteiger partial charge is 0.478 e. The summed E-state index contributed by atoms with van der Waals surface area (Å²) in [5.41, 5.74) is 0.641. The fourth-order valence-corrected chi connectivity index (χ4v) is 5.17. The number of hydrogen-bond acceptors (Lipinski definition) is 5. The summed E-state index contributed by atoms with van der Waals surface area (Å²) >= 11 is 0. The average molecular weight is 427 g/mol. The lowest BCUT2D eigenvalue weighted by Crippen LogP contribution is -2.30. The molecule has 0 aliphatic heterocycles. The predicted molar refractivity (Wildman–Crippen MR) is 105 cm³/mol. The van der Waals surface area contributed by atoms with E-state index in [1.165, 1.54) is 46.8 Å². The SMILES string of the molecule is CCN(CC)S(=O)(=O)c1ccc(C)c(NS(=O)(=O)c2ccc(C(=O)O)cc2)c1. The van der Waals surface area contributed by atoms with E-state index in [1.807, 2.05) is 0 Å². The minimum absolute atomic E-state index is 0.0132. The monoisotopic (exact) mass is 426 g/mol. The first-order valence-corrected chi connectivity index (χ1v) is 11.4. The lowest BCUT2D eigenvalue weighted by molar-refractivity contribution is 0.0696. The van der Waals surface area contributed by atoms with Gasteiger partial charge >= 0.3 is 5.97 Å². The summed E-state index contributed by atoms with van der Waals surface area (Å²) in [4.78, 5) is 10.8. The summed E-state index contributed by atoms with van der Waals surface area (Å²) in [6.07, 6.45) is 0. The van der Waals surface area contributed by atoms with E-state index in [-0.39, 0.29) is 21.0 Å². The topological polar surface area (TPSA) is 121 Å². The van der Waals surface area contributed by atoms with Crippen LogP contribution in [0.2, 0.25) is 0 Å². The van der Waals surface area contributed by atoms with E-state index in [2.05, 4.69) is 4.72 Å². The highest BCUT2D eigenvalue weighted by Crippen LogP contribution is 2.25. The Morgan fingerprint density at radius 3 is 2.00 bits per heavy atom. The highest BCUT2D eigenvalue weighted by Gasteiger charge is 2.23. The van der Waals surface area contributed by atoms with Crippen LogP contribution in [0.15, 0.2) is 52.3 Å². The highest BCUT2D eigenvalue weighted by atomic mass is 32.2. The van der Waals surface area contributed by atoms with Crippen LogP contribution in [0.4, 0.5) is 5.69 Å². The number of nitrogens with one attached hydrogen (secondary N) is 1. The maximum Gasteiger partial charge on any atom is 0.335 e. The molecule has 0 atom stereocenters. The van der Waals surface area contributed by atoms with Gasteiger partial charge in [-0.05, 0) is 48.9 Å². The van der Waals surface area contributed by atoms with Crippen molar-refractivity contribution in [2.45, 2.75) is 30.6 Å². The lowest BCUT2D eigenvalue weighted by Gasteiger charge is -2.19. The fraction of sp³-hybridized carbons (Fsp3) is 0.278. The molecule has 0 saturated heterocycles. The summed E-state index contributed by atoms with van der Waals surface area (Å²) in [6, 6.07) is 8.97. The first-order chi connectivity index (χ1) is 13.0. The third kappa shape index (κ3) is 4.51. The molecule has 0 aromatic heterocycles. The highest BCUT2D eigenvalue weighted by molar-refractivity contribution is 7.92. The smallest absolute Gasteiger partial charge is 0.335 e. The summed E-state index contributed by atoms with van der Waals surface area (Å²) in [5, 5.41) is 8.92. The number of hydrogen-bond donors (Lipinski definition) is 2. The second-order valence-corrected chi connectivity index (χ2v) is 9.62. The second-order valence-electron chi connectivity index (χ2n) is 6.00. The molecule has 0 unspecified atom stereocenters. The molecular weight excluding hydrogens is 404 g/mol. The third-order valence-electron chi connectivity index (χ3n) is 4.21. The van der Waals surface area contributed by atoms with Gasteiger partial charge in [0.15, 0.2) is 0 Å². The lowest BCUT2D eigenvalue weighted by atomic mass is 10.2. The van der Waals surface area contributed by atoms with E-state index in [4.69, 9.17) is 5.11 Å². The maximum atomic E-state index is 12.7. The summed E-state index contributed by atoms with van der Waals surface area (Å²) in [6.45, 7) is 5.69. The van der Waals surface area contributed by atoms with Gasteiger partial charge in [-0.3, -0.25) is 4.72 Å². The quantitative estimate of drug-likeness (QED) is 0.669. The molecule has 28 heavy (non-hydrogen) atoms. The second kappa shape index (κ2) is 8.29. The van der Waals surface area contributed by atoms with Crippen molar-refractivity contribution in [3.63, 3.8) is 0 Å². The number of aromatic carboxylic acids is 1. The van der Waals surface area contributed by atoms with Gasteiger partial charge in [-0.25, -0.2) is 21.6 Å². The Hall–Kier alpha value is -2.43. The number of rotatable bonds is 8. The van der Waals surface area contributed by atoms with Crippen LogP contribution in [0.3, 0.4) is 0 Å². The molecule has 0 bridgehead atoms. The van der Waals surface area contributed by atoms with E-state index < -0.39 is 26.0 Å². The molecule has 0 aliphatic carbocycles. The summed E-state index contributed by atoms with van der Waals surface area (Å²) in [5.74, 6) is -1.16. The van der Waals surface area contributed by atoms with E-state index in [0.29, 0.717) is 18.7 Å². The zero-order valence-electron chi connectivity index (χ0n) is 15.7. The van der Waals surface area contributed by atoms with Crippen molar-refractivity contribution in [1.29, 1.82) is 0 Å². The van der Waals surface area contributed by atoms with Gasteiger partial charge in [0.2, 0.25) is 10.0 Å². The van der Waals surface area contributed by atoms with E-state index in [0.717, 1.165) is 0 Å². The van der Waals surface area contributed by atoms with Crippen molar-refractivity contribution >= 4 is 31.7 Å². The van der Waals surface area contributed by atoms with Crippen molar-refractivity contribution in [2.24, 2.45) is 0 Å². The Morgan fingerprint density at radius 2 is 1.50 bits per heavy atom. The normalized spacial score (nSPS) is 12.1. The van der Waals surface area contributed by atoms with E-state index in [9.17, 15) is 21.6 Å². The Bertz CT molecular complexity index is 1070. The number of sulfonamides is 2. The van der Waals surface area contributed by atoms with Crippen LogP contribution in [-0.2, 0) is 20.0 Å². The predicted octanol–water partition coefficient (Wildman–Crippen LogP) is 2.52. The van der Waals surface area contributed by atoms with E-state index >= 15 is 0 Å². The Morgan fingerprint density at radius 1 is 0.964 bits per heavy atom. The fourth-order valence-electron chi connectivity index (χ4n) is 2.56. The number of nitrogens with zero attached hydrogens (tertiary/aromatic N) is 1. The van der Waals surface area contributed by atoms with Crippen LogP contribution >= 0.6 is 0 Å². The number of carboxylic acid groups (broad SMARTS) is 1. The summed E-state index contributed by atoms with van der Waals surface area (Å²) < 4.78 is 54.3. The first kappa shape index (κ1) is 21.9. The van der Waals surface area contributed by atoms with Crippen LogP contribution < -0.4 is 4.72 Å². The van der Waals surface area contributed by atoms with Gasteiger partial charge in [0.05, 0.1) is 21.0 Å². The van der Waals surface area contributed by atoms with Crippen molar-refractivity contribution in [1.82, 2.24) is 4.31 Å². The van der Waals surface area contributed by atoms with Crippen molar-refractivity contribution in [3.05, 3.63) is 53.6 Å². The zero-order valence-corrected chi connectivity index (χ0v) is 17.3. The molecule has 2 aromatic rings. The van der Waals surface area contributed by atoms with Crippen LogP contribution in [0.1, 0.15) is 29.8 Å². The molecule has 152 valence electrons. The standard InChI is InChI=1S/C18H22N2O6S2/c1-4-20(5-2)28(25,26)16-9-6-13(3)17(12-16)19-27(23,24)15-10-7-14(8-11-15)18(21)22/h6-12,19H,4-5H2,1-3H3,(H,21,22). The Kier molecular flexibility index (Phi) is 6.48. The first-order valence-electron chi connectivity index (χ1n) is 8.50. The molecule has 8 nitrogen and oxygen atoms in total. The number of anilines is 1. The molecule has 0 spiro atoms. The molecule has 2 rings (SSSR count). The molecule has 0 radical (unpaired) electrons. The van der Waals surface area contributed by atoms with Crippen molar-refractivity contribution in [2.75, 3.05) is 17.8 Å². The third-order valence-corrected chi connectivity index (χ3v) is 7.64. The van der Waals surface area contributed by atoms with Crippen LogP contribution in [0.5, 0.6) is 0 Å². The number of benzene rings is 2. The Labute approximate surface area is 164 Å². The number of aryl methyl sites for hydroxylation is 1. The molecule has 0 amide bonds. The van der Waals surface area contributed by atoms with Gasteiger partial charge < -0.3 is 5.11 Å². The molecule has 2 N–H and O–H groups in total. The molecule has 10 heteroatoms. The summed E-state index contributed by atoms with van der Waals surface area (Å²) in [7, 11) is -7.77. The molecule has 0 aliphatic rings. The van der Waals surface area contributed by atoms with Gasteiger partial charge in [0.1, 0.15) is 0 Å². The van der Waals surface area contributed by atoms with Crippen molar-refractivity contribution in [3.8, 4) is 0 Å². The average Bonchev–Trinajstić information content (AvgIpc) is 2.64. The van der Waals surface area contributed by atoms with Gasteiger partial charge in [-0.1, -0.05) is 19.9 Å². The van der Waals surface area contributed by atoms with Crippen LogP contribution in [0.25, 0.3) is 0 Å². The van der Waals surface area contributed by atoms with E-state index in [1.54, 1.807) is 20.8 Å². The van der Waals surface area contributed by atoms with Gasteiger partial charge in [-0.2, -0.15) is 4.31 Å². The van der Waals surface area contributed by atoms with Crippen LogP contribution in [-0.4, -0.2) is 45.3 Å². The molecule has 2 aromatic carbocycles. The van der Waals surface area contributed by atoms with Crippen LogP contribution in [0, 0.1) is 6.92 Å². The van der Waals surface area contributed by atoms with Gasteiger partial charge in [0, 0.05) is 13.1 Å². The molecule has 0 saturated carbocycles. The number of carboxylic acids is 1. The Balaban J connectivity index is 2.41.